The number of carboxylic acid groups (broad SMARTS) is 1. The first-order valence-corrected chi connectivity index (χ1v) is 8.40. The average Bonchev–Trinajstić information content (AvgIpc) is 2.45. The molecule has 1 aliphatic rings. The molecule has 6 nitrogen and oxygen atoms in total. The highest BCUT2D eigenvalue weighted by Gasteiger charge is 2.40. The zero-order chi connectivity index (χ0) is 17.4. The van der Waals surface area contributed by atoms with E-state index in [0.29, 0.717) is 18.9 Å². The van der Waals surface area contributed by atoms with Crippen LogP contribution < -0.4 is 4.74 Å². The molecule has 2 atom stereocenters. The van der Waals surface area contributed by atoms with Gasteiger partial charge in [0, 0.05) is 24.7 Å². The molecule has 0 aromatic heterocycles. The van der Waals surface area contributed by atoms with Crippen LogP contribution in [0.25, 0.3) is 0 Å². The Labute approximate surface area is 132 Å². The molecule has 0 amide bonds. The number of aliphatic carboxylic acids is 1. The lowest BCUT2D eigenvalue weighted by Crippen LogP contribution is -2.47. The fraction of sp³-hybridized carbons (Fsp3) is 0.500. The number of hydrogen-bond donors (Lipinski definition) is 1. The van der Waals surface area contributed by atoms with Crippen LogP contribution in [0, 0.1) is 17.6 Å². The molecule has 0 radical (unpaired) electrons. The van der Waals surface area contributed by atoms with Gasteiger partial charge in [0.15, 0.2) is 4.90 Å². The Bertz CT molecular complexity index is 722. The Kier molecular flexibility index (Phi) is 4.90. The zero-order valence-corrected chi connectivity index (χ0v) is 13.4. The smallest absolute Gasteiger partial charge is 0.307 e. The largest absolute Gasteiger partial charge is 0.495 e. The zero-order valence-electron chi connectivity index (χ0n) is 12.6. The second-order valence-electron chi connectivity index (χ2n) is 5.46. The number of piperidine rings is 1. The number of rotatable bonds is 4. The van der Waals surface area contributed by atoms with E-state index < -0.39 is 50.2 Å². The highest BCUT2D eigenvalue weighted by atomic mass is 32.2. The van der Waals surface area contributed by atoms with E-state index >= 15 is 0 Å². The van der Waals surface area contributed by atoms with Crippen LogP contribution in [0.5, 0.6) is 5.75 Å². The summed E-state index contributed by atoms with van der Waals surface area (Å²) in [4.78, 5) is 10.4. The van der Waals surface area contributed by atoms with Gasteiger partial charge < -0.3 is 9.84 Å². The van der Waals surface area contributed by atoms with Crippen LogP contribution in [0.2, 0.25) is 0 Å². The summed E-state index contributed by atoms with van der Waals surface area (Å²) in [6.45, 7) is 1.35. The van der Waals surface area contributed by atoms with Gasteiger partial charge in [0.1, 0.15) is 17.4 Å². The molecular formula is C14H17F2NO5S. The number of ether oxygens (including phenoxy) is 1. The Morgan fingerprint density at radius 1 is 1.35 bits per heavy atom. The summed E-state index contributed by atoms with van der Waals surface area (Å²) in [6, 6.07) is 0.738. The third-order valence-electron chi connectivity index (χ3n) is 3.93. The minimum Gasteiger partial charge on any atom is -0.495 e. The van der Waals surface area contributed by atoms with E-state index in [1.54, 1.807) is 6.92 Å². The molecule has 1 aliphatic heterocycles. The number of benzene rings is 1. The maximum absolute atomic E-state index is 14.1. The molecule has 1 aromatic rings. The number of nitrogens with zero attached hydrogens (tertiary/aromatic N) is 1. The van der Waals surface area contributed by atoms with Crippen LogP contribution >= 0.6 is 0 Å². The van der Waals surface area contributed by atoms with E-state index in [1.165, 1.54) is 0 Å². The van der Waals surface area contributed by atoms with Crippen molar-refractivity contribution in [3.05, 3.63) is 23.8 Å². The Hall–Kier alpha value is -1.74. The Morgan fingerprint density at radius 2 is 2.00 bits per heavy atom. The van der Waals surface area contributed by atoms with E-state index in [1.807, 2.05) is 0 Å². The van der Waals surface area contributed by atoms with Crippen LogP contribution in [-0.4, -0.2) is 43.5 Å². The van der Waals surface area contributed by atoms with E-state index in [0.717, 1.165) is 17.5 Å². The molecule has 2 rings (SSSR count). The van der Waals surface area contributed by atoms with E-state index in [-0.39, 0.29) is 6.54 Å². The van der Waals surface area contributed by atoms with Gasteiger partial charge in [0.25, 0.3) is 0 Å². The first-order valence-electron chi connectivity index (χ1n) is 6.96. The van der Waals surface area contributed by atoms with Crippen LogP contribution in [0.1, 0.15) is 19.8 Å². The lowest BCUT2D eigenvalue weighted by Gasteiger charge is -2.35. The molecule has 0 spiro atoms. The van der Waals surface area contributed by atoms with Crippen molar-refractivity contribution < 1.29 is 31.8 Å². The van der Waals surface area contributed by atoms with E-state index in [4.69, 9.17) is 9.84 Å². The maximum Gasteiger partial charge on any atom is 0.307 e. The first kappa shape index (κ1) is 17.6. The average molecular weight is 349 g/mol. The summed E-state index contributed by atoms with van der Waals surface area (Å²) in [5, 5.41) is 9.10. The van der Waals surface area contributed by atoms with Crippen molar-refractivity contribution in [1.82, 2.24) is 4.31 Å². The predicted octanol–water partition coefficient (Wildman–Crippen LogP) is 1.85. The fourth-order valence-corrected chi connectivity index (χ4v) is 4.56. The van der Waals surface area contributed by atoms with Crippen molar-refractivity contribution in [3.8, 4) is 5.75 Å². The van der Waals surface area contributed by atoms with Crippen molar-refractivity contribution in [2.45, 2.75) is 30.7 Å². The molecular weight excluding hydrogens is 332 g/mol. The number of methoxy groups -OCH3 is 1. The Morgan fingerprint density at radius 3 is 2.57 bits per heavy atom. The molecule has 0 saturated carbocycles. The standard InChI is InChI=1S/C14H17F2NO5S/c1-8-3-4-9(14(18)19)7-17(8)23(20,21)13-11(16)5-10(15)6-12(13)22-2/h5-6,8-9H,3-4,7H2,1-2H3,(H,18,19)/t8-,9+/m0/s1. The Balaban J connectivity index is 2.51. The van der Waals surface area contributed by atoms with Crippen molar-refractivity contribution >= 4 is 16.0 Å². The molecule has 9 heteroatoms. The van der Waals surface area contributed by atoms with Crippen molar-refractivity contribution in [1.29, 1.82) is 0 Å². The van der Waals surface area contributed by atoms with Gasteiger partial charge in [-0.25, -0.2) is 17.2 Å². The molecule has 0 aliphatic carbocycles. The van der Waals surface area contributed by atoms with E-state index in [9.17, 15) is 22.0 Å². The normalized spacial score (nSPS) is 22.8. The summed E-state index contributed by atoms with van der Waals surface area (Å²) < 4.78 is 58.6. The monoisotopic (exact) mass is 349 g/mol. The highest BCUT2D eigenvalue weighted by Crippen LogP contribution is 2.34. The maximum atomic E-state index is 14.1. The molecule has 0 bridgehead atoms. The quantitative estimate of drug-likeness (QED) is 0.897. The highest BCUT2D eigenvalue weighted by molar-refractivity contribution is 7.89. The number of halogens is 2. The second kappa shape index (κ2) is 6.40. The number of sulfonamides is 1. The topological polar surface area (TPSA) is 83.9 Å². The molecule has 0 unspecified atom stereocenters. The molecule has 23 heavy (non-hydrogen) atoms. The molecule has 1 fully saturated rings. The third-order valence-corrected chi connectivity index (χ3v) is 5.97. The first-order chi connectivity index (χ1) is 10.7. The molecule has 1 aromatic carbocycles. The molecule has 1 N–H and O–H groups in total. The summed E-state index contributed by atoms with van der Waals surface area (Å²) in [5.41, 5.74) is 0. The van der Waals surface area contributed by atoms with Crippen LogP contribution in [0.4, 0.5) is 8.78 Å². The van der Waals surface area contributed by atoms with Crippen molar-refractivity contribution in [2.24, 2.45) is 5.92 Å². The molecule has 128 valence electrons. The van der Waals surface area contributed by atoms with Gasteiger partial charge in [-0.3, -0.25) is 4.79 Å². The summed E-state index contributed by atoms with van der Waals surface area (Å²) in [7, 11) is -3.26. The number of carboxylic acids is 1. The van der Waals surface area contributed by atoms with Crippen LogP contribution in [-0.2, 0) is 14.8 Å². The summed E-state index contributed by atoms with van der Waals surface area (Å²) >= 11 is 0. The van der Waals surface area contributed by atoms with Gasteiger partial charge in [-0.1, -0.05) is 0 Å². The molecule has 1 saturated heterocycles. The van der Waals surface area contributed by atoms with Crippen molar-refractivity contribution in [3.63, 3.8) is 0 Å². The predicted molar refractivity (Wildman–Crippen MR) is 76.6 cm³/mol. The fourth-order valence-electron chi connectivity index (χ4n) is 2.67. The van der Waals surface area contributed by atoms with Crippen molar-refractivity contribution in [2.75, 3.05) is 13.7 Å². The van der Waals surface area contributed by atoms with Gasteiger partial charge in [-0.05, 0) is 19.8 Å². The second-order valence-corrected chi connectivity index (χ2v) is 7.28. The van der Waals surface area contributed by atoms with Gasteiger partial charge in [0.05, 0.1) is 13.0 Å². The van der Waals surface area contributed by atoms with Gasteiger partial charge >= 0.3 is 5.97 Å². The minimum absolute atomic E-state index is 0.265. The summed E-state index contributed by atoms with van der Waals surface area (Å²) in [5.74, 6) is -4.66. The van der Waals surface area contributed by atoms with Crippen LogP contribution in [0.3, 0.4) is 0 Å². The third kappa shape index (κ3) is 3.30. The van der Waals surface area contributed by atoms with E-state index in [2.05, 4.69) is 0 Å². The van der Waals surface area contributed by atoms with Gasteiger partial charge in [0.2, 0.25) is 10.0 Å². The van der Waals surface area contributed by atoms with Crippen LogP contribution in [0.15, 0.2) is 17.0 Å². The van der Waals surface area contributed by atoms with Gasteiger partial charge in [-0.2, -0.15) is 4.31 Å². The lowest BCUT2D eigenvalue weighted by atomic mass is 9.96. The number of carbonyl (C=O) groups is 1. The van der Waals surface area contributed by atoms with Gasteiger partial charge in [-0.15, -0.1) is 0 Å². The number of hydrogen-bond acceptors (Lipinski definition) is 4. The minimum atomic E-state index is -4.36. The molecule has 1 heterocycles. The SMILES string of the molecule is COc1cc(F)cc(F)c1S(=O)(=O)N1C[C@H](C(=O)O)CC[C@@H]1C. The lowest BCUT2D eigenvalue weighted by molar-refractivity contribution is -0.143. The summed E-state index contributed by atoms with van der Waals surface area (Å²) in [6.07, 6.45) is 0.673.